The molecule has 4 rings (SSSR count). The summed E-state index contributed by atoms with van der Waals surface area (Å²) in [5, 5.41) is 2.89. The van der Waals surface area contributed by atoms with Crippen LogP contribution in [0.4, 0.5) is 0 Å². The van der Waals surface area contributed by atoms with Gasteiger partial charge < -0.3 is 9.47 Å². The van der Waals surface area contributed by atoms with E-state index in [4.69, 9.17) is 16.3 Å². The number of methoxy groups -OCH3 is 1. The molecule has 9 heteroatoms. The van der Waals surface area contributed by atoms with E-state index < -0.39 is 11.9 Å². The van der Waals surface area contributed by atoms with Crippen LogP contribution < -0.4 is 5.56 Å². The average molecular weight is 438 g/mol. The average Bonchev–Trinajstić information content (AvgIpc) is 3.22. The van der Waals surface area contributed by atoms with E-state index in [0.717, 1.165) is 5.56 Å². The summed E-state index contributed by atoms with van der Waals surface area (Å²) in [5.41, 5.74) is 2.12. The molecule has 31 heavy (non-hydrogen) atoms. The molecule has 8 nitrogen and oxygen atoms in total. The third-order valence-corrected chi connectivity index (χ3v) is 4.86. The monoisotopic (exact) mass is 437 g/mol. The summed E-state index contributed by atoms with van der Waals surface area (Å²) in [5.74, 6) is -1.22. The van der Waals surface area contributed by atoms with E-state index in [1.54, 1.807) is 6.07 Å². The van der Waals surface area contributed by atoms with Crippen molar-refractivity contribution in [2.75, 3.05) is 7.11 Å². The van der Waals surface area contributed by atoms with Crippen LogP contribution in [-0.2, 0) is 16.1 Å². The summed E-state index contributed by atoms with van der Waals surface area (Å²) in [4.78, 5) is 40.9. The summed E-state index contributed by atoms with van der Waals surface area (Å²) in [7, 11) is 1.26. The number of ether oxygens (including phenoxy) is 2. The van der Waals surface area contributed by atoms with E-state index in [1.807, 2.05) is 30.3 Å². The lowest BCUT2D eigenvalue weighted by Gasteiger charge is -2.06. The fourth-order valence-corrected chi connectivity index (χ4v) is 3.28. The minimum atomic E-state index is -0.667. The lowest BCUT2D eigenvalue weighted by Crippen LogP contribution is -2.15. The third kappa shape index (κ3) is 4.19. The van der Waals surface area contributed by atoms with Crippen molar-refractivity contribution >= 4 is 29.2 Å². The molecule has 0 fully saturated rings. The number of hydrogen-bond acceptors (Lipinski definition) is 6. The molecule has 0 saturated carbocycles. The fraction of sp³-hybridized carbons (Fsp3) is 0.0909. The van der Waals surface area contributed by atoms with Gasteiger partial charge in [-0.05, 0) is 17.7 Å². The Morgan fingerprint density at radius 1 is 1.06 bits per heavy atom. The Morgan fingerprint density at radius 3 is 2.55 bits per heavy atom. The lowest BCUT2D eigenvalue weighted by molar-refractivity contribution is 0.0464. The minimum Gasteiger partial charge on any atom is -0.465 e. The van der Waals surface area contributed by atoms with E-state index in [0.29, 0.717) is 16.9 Å². The Hall–Kier alpha value is -3.91. The molecule has 4 aromatic rings. The number of carbonyl (C=O) groups excluding carboxylic acids is 2. The number of benzene rings is 2. The lowest BCUT2D eigenvalue weighted by atomic mass is 10.1. The van der Waals surface area contributed by atoms with Gasteiger partial charge in [0.2, 0.25) is 0 Å². The molecule has 0 atom stereocenters. The molecule has 156 valence electrons. The fourth-order valence-electron chi connectivity index (χ4n) is 3.00. The zero-order chi connectivity index (χ0) is 22.0. The first-order chi connectivity index (χ1) is 15.0. The van der Waals surface area contributed by atoms with Gasteiger partial charge in [-0.1, -0.05) is 48.0 Å². The molecular weight excluding hydrogens is 422 g/mol. The largest absolute Gasteiger partial charge is 0.465 e. The number of fused-ring (bicyclic) bond motifs is 1. The first kappa shape index (κ1) is 20.4. The van der Waals surface area contributed by atoms with Gasteiger partial charge in [0.15, 0.2) is 5.65 Å². The minimum absolute atomic E-state index is 0.0760. The molecule has 0 bridgehead atoms. The summed E-state index contributed by atoms with van der Waals surface area (Å²) in [6.45, 7) is -0.0764. The van der Waals surface area contributed by atoms with Gasteiger partial charge >= 0.3 is 11.9 Å². The van der Waals surface area contributed by atoms with Crippen LogP contribution in [0.15, 0.2) is 65.5 Å². The SMILES string of the molecule is COC(=O)c1ccc(COC(=O)c2cc3nc(-c4ccccc4)cc(=O)n3[nH]2)cc1Cl. The maximum absolute atomic E-state index is 12.5. The molecule has 0 aliphatic rings. The van der Waals surface area contributed by atoms with Gasteiger partial charge in [-0.25, -0.2) is 19.1 Å². The van der Waals surface area contributed by atoms with Gasteiger partial charge in [0.05, 0.1) is 23.4 Å². The molecule has 0 spiro atoms. The number of halogens is 1. The van der Waals surface area contributed by atoms with Crippen LogP contribution in [0, 0.1) is 0 Å². The van der Waals surface area contributed by atoms with Gasteiger partial charge in [-0.2, -0.15) is 0 Å². The Kier molecular flexibility index (Phi) is 5.55. The van der Waals surface area contributed by atoms with E-state index in [1.165, 1.54) is 35.9 Å². The molecule has 2 aromatic carbocycles. The number of aromatic nitrogens is 3. The normalized spacial score (nSPS) is 10.8. The molecule has 0 amide bonds. The Labute approximate surface area is 181 Å². The van der Waals surface area contributed by atoms with Gasteiger partial charge in [-0.3, -0.25) is 9.89 Å². The smallest absolute Gasteiger partial charge is 0.356 e. The Morgan fingerprint density at radius 2 is 1.84 bits per heavy atom. The first-order valence-corrected chi connectivity index (χ1v) is 9.56. The van der Waals surface area contributed by atoms with E-state index in [2.05, 4.69) is 14.8 Å². The topological polar surface area (TPSA) is 103 Å². The summed E-state index contributed by atoms with van der Waals surface area (Å²) >= 11 is 6.08. The van der Waals surface area contributed by atoms with Crippen molar-refractivity contribution < 1.29 is 19.1 Å². The summed E-state index contributed by atoms with van der Waals surface area (Å²) in [6, 6.07) is 16.7. The number of H-pyrrole nitrogens is 1. The van der Waals surface area contributed by atoms with Crippen molar-refractivity contribution in [2.45, 2.75) is 6.61 Å². The van der Waals surface area contributed by atoms with Crippen molar-refractivity contribution in [1.29, 1.82) is 0 Å². The molecule has 0 radical (unpaired) electrons. The van der Waals surface area contributed by atoms with Gasteiger partial charge in [-0.15, -0.1) is 0 Å². The molecule has 2 heterocycles. The highest BCUT2D eigenvalue weighted by atomic mass is 35.5. The van der Waals surface area contributed by atoms with Gasteiger partial charge in [0.25, 0.3) is 5.56 Å². The third-order valence-electron chi connectivity index (χ3n) is 4.55. The second-order valence-corrected chi connectivity index (χ2v) is 7.00. The zero-order valence-electron chi connectivity index (χ0n) is 16.3. The van der Waals surface area contributed by atoms with E-state index >= 15 is 0 Å². The maximum Gasteiger partial charge on any atom is 0.356 e. The number of rotatable bonds is 5. The van der Waals surface area contributed by atoms with Crippen LogP contribution >= 0.6 is 11.6 Å². The number of esters is 2. The highest BCUT2D eigenvalue weighted by Crippen LogP contribution is 2.20. The number of nitrogens with zero attached hydrogens (tertiary/aromatic N) is 2. The van der Waals surface area contributed by atoms with Crippen LogP contribution in [0.1, 0.15) is 26.4 Å². The molecular formula is C22H16ClN3O5. The number of carbonyl (C=O) groups is 2. The van der Waals surface area contributed by atoms with Crippen molar-refractivity contribution in [3.8, 4) is 11.3 Å². The molecule has 0 aliphatic carbocycles. The van der Waals surface area contributed by atoms with Crippen LogP contribution in [0.5, 0.6) is 0 Å². The van der Waals surface area contributed by atoms with Crippen molar-refractivity contribution in [3.63, 3.8) is 0 Å². The molecule has 1 N–H and O–H groups in total. The molecule has 0 saturated heterocycles. The van der Waals surface area contributed by atoms with Crippen LogP contribution in [0.25, 0.3) is 16.9 Å². The Balaban J connectivity index is 1.53. The molecule has 0 aliphatic heterocycles. The second-order valence-electron chi connectivity index (χ2n) is 6.59. The standard InChI is InChI=1S/C22H16ClN3O5/c1-30-21(28)15-8-7-13(9-16(15)23)12-31-22(29)18-10-19-24-17(11-20(27)26(19)25-18)14-5-3-2-4-6-14/h2-11,25H,12H2,1H3. The van der Waals surface area contributed by atoms with E-state index in [-0.39, 0.29) is 28.4 Å². The number of nitrogens with one attached hydrogen (secondary N) is 1. The van der Waals surface area contributed by atoms with Crippen molar-refractivity contribution in [3.05, 3.63) is 92.9 Å². The van der Waals surface area contributed by atoms with Gasteiger partial charge in [0.1, 0.15) is 12.3 Å². The summed E-state index contributed by atoms with van der Waals surface area (Å²) < 4.78 is 11.1. The highest BCUT2D eigenvalue weighted by Gasteiger charge is 2.16. The van der Waals surface area contributed by atoms with E-state index in [9.17, 15) is 14.4 Å². The molecule has 0 unspecified atom stereocenters. The van der Waals surface area contributed by atoms with Crippen molar-refractivity contribution in [2.24, 2.45) is 0 Å². The van der Waals surface area contributed by atoms with Crippen LogP contribution in [-0.4, -0.2) is 33.6 Å². The van der Waals surface area contributed by atoms with Crippen LogP contribution in [0.2, 0.25) is 5.02 Å². The molecule has 2 aromatic heterocycles. The number of hydrogen-bond donors (Lipinski definition) is 1. The quantitative estimate of drug-likeness (QED) is 0.479. The number of aromatic amines is 1. The first-order valence-electron chi connectivity index (χ1n) is 9.18. The summed E-state index contributed by atoms with van der Waals surface area (Å²) in [6.07, 6.45) is 0. The highest BCUT2D eigenvalue weighted by molar-refractivity contribution is 6.33. The van der Waals surface area contributed by atoms with Gasteiger partial charge in [0, 0.05) is 17.7 Å². The van der Waals surface area contributed by atoms with Crippen LogP contribution in [0.3, 0.4) is 0 Å². The van der Waals surface area contributed by atoms with Crippen molar-refractivity contribution in [1.82, 2.24) is 14.6 Å². The Bertz CT molecular complexity index is 1340. The maximum atomic E-state index is 12.5. The predicted octanol–water partition coefficient (Wildman–Crippen LogP) is 3.49. The zero-order valence-corrected chi connectivity index (χ0v) is 17.1. The second kappa shape index (κ2) is 8.45. The predicted molar refractivity (Wildman–Crippen MR) is 113 cm³/mol.